The number of thiazole rings is 1. The highest BCUT2D eigenvalue weighted by Gasteiger charge is 2.20. The van der Waals surface area contributed by atoms with Gasteiger partial charge in [0.2, 0.25) is 5.95 Å². The average Bonchev–Trinajstić information content (AvgIpc) is 2.94. The third-order valence-corrected chi connectivity index (χ3v) is 4.37. The Labute approximate surface area is 147 Å². The Morgan fingerprint density at radius 2 is 2.16 bits per heavy atom. The number of rotatable bonds is 5. The minimum Gasteiger partial charge on any atom is -0.461 e. The summed E-state index contributed by atoms with van der Waals surface area (Å²) in [7, 11) is 0. The van der Waals surface area contributed by atoms with E-state index in [-0.39, 0.29) is 24.3 Å². The second-order valence-electron chi connectivity index (χ2n) is 5.30. The van der Waals surface area contributed by atoms with Gasteiger partial charge in [0.1, 0.15) is 10.5 Å². The second kappa shape index (κ2) is 7.06. The molecule has 0 bridgehead atoms. The van der Waals surface area contributed by atoms with Gasteiger partial charge in [0, 0.05) is 6.20 Å². The highest BCUT2D eigenvalue weighted by molar-refractivity contribution is 7.18. The maximum absolute atomic E-state index is 13.3. The summed E-state index contributed by atoms with van der Waals surface area (Å²) < 4.78 is 19.0. The van der Waals surface area contributed by atoms with E-state index in [9.17, 15) is 9.18 Å². The normalized spacial score (nSPS) is 12.2. The van der Waals surface area contributed by atoms with Crippen LogP contribution in [0.4, 0.5) is 10.3 Å². The molecule has 3 heterocycles. The third-order valence-electron chi connectivity index (χ3n) is 3.40. The highest BCUT2D eigenvalue weighted by Crippen LogP contribution is 2.26. The minimum absolute atomic E-state index is 0.171. The van der Waals surface area contributed by atoms with Crippen LogP contribution in [0, 0.1) is 12.7 Å². The zero-order valence-electron chi connectivity index (χ0n) is 13.9. The molecule has 0 fully saturated rings. The number of hydrogen-bond donors (Lipinski definition) is 1. The molecule has 3 aromatic heterocycles. The summed E-state index contributed by atoms with van der Waals surface area (Å²) in [5.74, 6) is -0.732. The van der Waals surface area contributed by atoms with Gasteiger partial charge < -0.3 is 10.1 Å². The van der Waals surface area contributed by atoms with Crippen LogP contribution in [0.2, 0.25) is 0 Å². The van der Waals surface area contributed by atoms with Crippen LogP contribution >= 0.6 is 11.3 Å². The van der Waals surface area contributed by atoms with Gasteiger partial charge in [0.15, 0.2) is 11.3 Å². The van der Waals surface area contributed by atoms with Gasteiger partial charge in [0.05, 0.1) is 23.9 Å². The molecule has 0 amide bonds. The Balaban J connectivity index is 1.97. The lowest BCUT2D eigenvalue weighted by atomic mass is 10.1. The van der Waals surface area contributed by atoms with Crippen LogP contribution in [0.5, 0.6) is 0 Å². The Hall–Kier alpha value is -2.68. The number of carbonyl (C=O) groups is 1. The number of esters is 1. The predicted octanol–water partition coefficient (Wildman–Crippen LogP) is 3.28. The maximum atomic E-state index is 13.3. The maximum Gasteiger partial charge on any atom is 0.358 e. The van der Waals surface area contributed by atoms with E-state index in [1.807, 2.05) is 13.8 Å². The first-order valence-corrected chi connectivity index (χ1v) is 8.49. The van der Waals surface area contributed by atoms with Crippen LogP contribution in [0.25, 0.3) is 10.3 Å². The Bertz CT molecular complexity index is 930. The summed E-state index contributed by atoms with van der Waals surface area (Å²) in [5.41, 5.74) is 1.23. The SMILES string of the molecule is CCOC(=O)c1nc(NC(C)c2cncc(F)c2)nc2nc(C)sc12. The first-order chi connectivity index (χ1) is 12.0. The van der Waals surface area contributed by atoms with E-state index >= 15 is 0 Å². The van der Waals surface area contributed by atoms with E-state index in [1.54, 1.807) is 13.1 Å². The molecule has 0 aliphatic rings. The van der Waals surface area contributed by atoms with Gasteiger partial charge in [-0.15, -0.1) is 11.3 Å². The van der Waals surface area contributed by atoms with Crippen molar-refractivity contribution in [2.45, 2.75) is 26.8 Å². The zero-order valence-corrected chi connectivity index (χ0v) is 14.7. The lowest BCUT2D eigenvalue weighted by molar-refractivity contribution is 0.0522. The number of halogens is 1. The number of pyridine rings is 1. The Morgan fingerprint density at radius 3 is 2.88 bits per heavy atom. The zero-order chi connectivity index (χ0) is 18.0. The number of nitrogens with zero attached hydrogens (tertiary/aromatic N) is 4. The minimum atomic E-state index is -0.526. The molecular formula is C16H16FN5O2S. The number of anilines is 1. The lowest BCUT2D eigenvalue weighted by Gasteiger charge is -2.14. The molecule has 1 unspecified atom stereocenters. The number of aryl methyl sites for hydroxylation is 1. The van der Waals surface area contributed by atoms with Crippen LogP contribution in [0.15, 0.2) is 18.5 Å². The van der Waals surface area contributed by atoms with E-state index in [1.165, 1.54) is 17.4 Å². The van der Waals surface area contributed by atoms with Crippen molar-refractivity contribution < 1.29 is 13.9 Å². The van der Waals surface area contributed by atoms with E-state index in [4.69, 9.17) is 4.74 Å². The quantitative estimate of drug-likeness (QED) is 0.697. The van der Waals surface area contributed by atoms with Gasteiger partial charge >= 0.3 is 5.97 Å². The summed E-state index contributed by atoms with van der Waals surface area (Å²) in [5, 5.41) is 3.82. The van der Waals surface area contributed by atoms with Crippen molar-refractivity contribution in [2.75, 3.05) is 11.9 Å². The van der Waals surface area contributed by atoms with Crippen molar-refractivity contribution in [3.63, 3.8) is 0 Å². The first kappa shape index (κ1) is 17.2. The van der Waals surface area contributed by atoms with Crippen molar-refractivity contribution in [3.8, 4) is 0 Å². The Morgan fingerprint density at radius 1 is 1.36 bits per heavy atom. The topological polar surface area (TPSA) is 89.9 Å². The van der Waals surface area contributed by atoms with Crippen molar-refractivity contribution in [2.24, 2.45) is 0 Å². The van der Waals surface area contributed by atoms with Crippen molar-refractivity contribution >= 4 is 33.6 Å². The Kier molecular flexibility index (Phi) is 4.84. The van der Waals surface area contributed by atoms with Crippen LogP contribution in [-0.4, -0.2) is 32.5 Å². The molecule has 0 radical (unpaired) electrons. The van der Waals surface area contributed by atoms with Gasteiger partial charge in [-0.1, -0.05) is 0 Å². The highest BCUT2D eigenvalue weighted by atomic mass is 32.1. The standard InChI is InChI=1S/C16H16FN5O2S/c1-4-24-15(23)12-13-14(20-9(3)25-13)22-16(21-12)19-8(2)10-5-11(17)7-18-6-10/h5-8H,4H2,1-3H3,(H,19,21,22). The molecule has 0 aliphatic carbocycles. The molecule has 1 atom stereocenters. The number of hydrogen-bond acceptors (Lipinski definition) is 8. The molecule has 0 spiro atoms. The fourth-order valence-corrected chi connectivity index (χ4v) is 3.11. The van der Waals surface area contributed by atoms with Crippen molar-refractivity contribution in [1.29, 1.82) is 0 Å². The fourth-order valence-electron chi connectivity index (χ4n) is 2.27. The number of carbonyl (C=O) groups excluding carboxylic acids is 1. The van der Waals surface area contributed by atoms with Crippen molar-refractivity contribution in [3.05, 3.63) is 40.5 Å². The largest absolute Gasteiger partial charge is 0.461 e. The van der Waals surface area contributed by atoms with Gasteiger partial charge in [0.25, 0.3) is 0 Å². The summed E-state index contributed by atoms with van der Waals surface area (Å²) >= 11 is 1.33. The van der Waals surface area contributed by atoms with E-state index in [0.717, 1.165) is 11.2 Å². The van der Waals surface area contributed by atoms with Crippen LogP contribution in [0.3, 0.4) is 0 Å². The molecule has 0 saturated carbocycles. The van der Waals surface area contributed by atoms with Crippen LogP contribution < -0.4 is 5.32 Å². The molecule has 0 aromatic carbocycles. The molecule has 0 aliphatic heterocycles. The number of fused-ring (bicyclic) bond motifs is 1. The molecule has 9 heteroatoms. The number of aromatic nitrogens is 4. The van der Waals surface area contributed by atoms with Gasteiger partial charge in [-0.05, 0) is 32.4 Å². The monoisotopic (exact) mass is 361 g/mol. The van der Waals surface area contributed by atoms with Crippen molar-refractivity contribution in [1.82, 2.24) is 19.9 Å². The molecule has 0 saturated heterocycles. The second-order valence-corrected chi connectivity index (χ2v) is 6.51. The average molecular weight is 361 g/mol. The lowest BCUT2D eigenvalue weighted by Crippen LogP contribution is -2.14. The van der Waals surface area contributed by atoms with E-state index in [0.29, 0.717) is 15.9 Å². The summed E-state index contributed by atoms with van der Waals surface area (Å²) in [6, 6.07) is 1.07. The molecule has 7 nitrogen and oxygen atoms in total. The molecule has 130 valence electrons. The number of nitrogens with one attached hydrogen (secondary N) is 1. The van der Waals surface area contributed by atoms with Crippen LogP contribution in [0.1, 0.15) is 40.9 Å². The summed E-state index contributed by atoms with van der Waals surface area (Å²) in [6.07, 6.45) is 2.69. The van der Waals surface area contributed by atoms with Gasteiger partial charge in [-0.2, -0.15) is 4.98 Å². The smallest absolute Gasteiger partial charge is 0.358 e. The molecule has 1 N–H and O–H groups in total. The summed E-state index contributed by atoms with van der Waals surface area (Å²) in [6.45, 7) is 5.62. The molecule has 3 rings (SSSR count). The first-order valence-electron chi connectivity index (χ1n) is 7.67. The van der Waals surface area contributed by atoms with E-state index in [2.05, 4.69) is 25.3 Å². The molecule has 3 aromatic rings. The van der Waals surface area contributed by atoms with Crippen LogP contribution in [-0.2, 0) is 4.74 Å². The van der Waals surface area contributed by atoms with Gasteiger partial charge in [-0.3, -0.25) is 4.98 Å². The molecule has 25 heavy (non-hydrogen) atoms. The predicted molar refractivity (Wildman–Crippen MR) is 92.1 cm³/mol. The fraction of sp³-hybridized carbons (Fsp3) is 0.312. The number of ether oxygens (including phenoxy) is 1. The van der Waals surface area contributed by atoms with Gasteiger partial charge in [-0.25, -0.2) is 19.2 Å². The third kappa shape index (κ3) is 3.71. The summed E-state index contributed by atoms with van der Waals surface area (Å²) in [4.78, 5) is 29.0. The molecular weight excluding hydrogens is 345 g/mol. The van der Waals surface area contributed by atoms with E-state index < -0.39 is 11.8 Å².